The Hall–Kier alpha value is -1.06. The molecule has 2 N–H and O–H groups in total. The monoisotopic (exact) mass is 326 g/mol. The van der Waals surface area contributed by atoms with E-state index >= 15 is 0 Å². The number of hydrogen-bond acceptors (Lipinski definition) is 2. The highest BCUT2D eigenvalue weighted by Crippen LogP contribution is 2.14. The zero-order valence-electron chi connectivity index (χ0n) is 14.2. The maximum Gasteiger partial charge on any atom is 0.254 e. The maximum atomic E-state index is 12.7. The molecule has 1 amide bonds. The van der Waals surface area contributed by atoms with Crippen LogP contribution in [0.3, 0.4) is 0 Å². The van der Waals surface area contributed by atoms with E-state index in [9.17, 15) is 4.79 Å². The second-order valence-electron chi connectivity index (χ2n) is 5.74. The smallest absolute Gasteiger partial charge is 0.254 e. The molecule has 0 aliphatic rings. The largest absolute Gasteiger partial charge is 0.336 e. The Morgan fingerprint density at radius 3 is 2.27 bits per heavy atom. The lowest BCUT2D eigenvalue weighted by Crippen LogP contribution is -2.39. The third-order valence-electron chi connectivity index (χ3n) is 3.94. The predicted octanol–water partition coefficient (Wildman–Crippen LogP) is 4.39. The lowest BCUT2D eigenvalue weighted by molar-refractivity contribution is 0.0679. The molecule has 0 bridgehead atoms. The minimum absolute atomic E-state index is 0. The fourth-order valence-electron chi connectivity index (χ4n) is 2.58. The zero-order valence-corrected chi connectivity index (χ0v) is 15.0. The summed E-state index contributed by atoms with van der Waals surface area (Å²) in [5.74, 6) is 0.149. The van der Waals surface area contributed by atoms with Crippen LogP contribution in [0.1, 0.15) is 68.8 Å². The van der Waals surface area contributed by atoms with Crippen LogP contribution in [-0.4, -0.2) is 23.4 Å². The molecule has 0 aliphatic carbocycles. The van der Waals surface area contributed by atoms with Crippen LogP contribution < -0.4 is 5.73 Å². The molecule has 4 heteroatoms. The number of carbonyl (C=O) groups excluding carboxylic acids is 1. The highest BCUT2D eigenvalue weighted by atomic mass is 35.5. The van der Waals surface area contributed by atoms with E-state index in [4.69, 9.17) is 5.73 Å². The van der Waals surface area contributed by atoms with Crippen LogP contribution >= 0.6 is 12.4 Å². The summed E-state index contributed by atoms with van der Waals surface area (Å²) < 4.78 is 0. The molecule has 0 radical (unpaired) electrons. The van der Waals surface area contributed by atoms with Gasteiger partial charge in [-0.25, -0.2) is 0 Å². The lowest BCUT2D eigenvalue weighted by atomic mass is 10.1. The van der Waals surface area contributed by atoms with E-state index in [0.717, 1.165) is 36.9 Å². The standard InChI is InChI=1S/C18H30N2O.ClH/c1-4-6-7-13-20(15(3)8-5-2)18(21)17-11-9-16(14-19)10-12-17;/h9-12,15H,4-8,13-14,19H2,1-3H3;1H. The molecule has 0 fully saturated rings. The second-order valence-corrected chi connectivity index (χ2v) is 5.74. The van der Waals surface area contributed by atoms with Crippen molar-refractivity contribution in [2.45, 2.75) is 65.5 Å². The molecule has 0 heterocycles. The topological polar surface area (TPSA) is 46.3 Å². The van der Waals surface area contributed by atoms with Crippen LogP contribution in [-0.2, 0) is 6.54 Å². The molecular weight excluding hydrogens is 296 g/mol. The minimum Gasteiger partial charge on any atom is -0.336 e. The number of amides is 1. The van der Waals surface area contributed by atoms with E-state index < -0.39 is 0 Å². The molecular formula is C18H31ClN2O. The number of benzene rings is 1. The fraction of sp³-hybridized carbons (Fsp3) is 0.611. The molecule has 126 valence electrons. The third-order valence-corrected chi connectivity index (χ3v) is 3.94. The molecule has 0 saturated heterocycles. The first-order valence-electron chi connectivity index (χ1n) is 8.24. The first-order chi connectivity index (χ1) is 10.1. The van der Waals surface area contributed by atoms with Gasteiger partial charge in [-0.3, -0.25) is 4.79 Å². The first-order valence-corrected chi connectivity index (χ1v) is 8.24. The molecule has 0 aromatic heterocycles. The number of rotatable bonds is 9. The second kappa shape index (κ2) is 11.5. The van der Waals surface area contributed by atoms with Crippen LogP contribution in [0.25, 0.3) is 0 Å². The average molecular weight is 327 g/mol. The minimum atomic E-state index is 0. The van der Waals surface area contributed by atoms with Gasteiger partial charge in [-0.15, -0.1) is 12.4 Å². The van der Waals surface area contributed by atoms with Gasteiger partial charge in [0.1, 0.15) is 0 Å². The number of hydrogen-bond donors (Lipinski definition) is 1. The molecule has 1 aromatic rings. The van der Waals surface area contributed by atoms with Crippen molar-refractivity contribution in [1.29, 1.82) is 0 Å². The molecule has 3 nitrogen and oxygen atoms in total. The Morgan fingerprint density at radius 1 is 1.14 bits per heavy atom. The number of nitrogens with two attached hydrogens (primary N) is 1. The maximum absolute atomic E-state index is 12.7. The number of unbranched alkanes of at least 4 members (excludes halogenated alkanes) is 2. The van der Waals surface area contributed by atoms with E-state index in [0.29, 0.717) is 12.6 Å². The normalized spacial score (nSPS) is 11.6. The molecule has 1 unspecified atom stereocenters. The van der Waals surface area contributed by atoms with E-state index in [-0.39, 0.29) is 18.3 Å². The predicted molar refractivity (Wildman–Crippen MR) is 96.5 cm³/mol. The van der Waals surface area contributed by atoms with Gasteiger partial charge in [0.25, 0.3) is 5.91 Å². The lowest BCUT2D eigenvalue weighted by Gasteiger charge is -2.29. The van der Waals surface area contributed by atoms with Gasteiger partial charge >= 0.3 is 0 Å². The summed E-state index contributed by atoms with van der Waals surface area (Å²) in [6.45, 7) is 7.88. The summed E-state index contributed by atoms with van der Waals surface area (Å²) >= 11 is 0. The quantitative estimate of drug-likeness (QED) is 0.684. The van der Waals surface area contributed by atoms with Gasteiger partial charge < -0.3 is 10.6 Å². The molecule has 1 atom stereocenters. The zero-order chi connectivity index (χ0) is 15.7. The van der Waals surface area contributed by atoms with Gasteiger partial charge in [-0.2, -0.15) is 0 Å². The van der Waals surface area contributed by atoms with Crippen molar-refractivity contribution in [3.8, 4) is 0 Å². The Bertz CT molecular complexity index is 420. The Morgan fingerprint density at radius 2 is 1.77 bits per heavy atom. The van der Waals surface area contributed by atoms with E-state index in [2.05, 4.69) is 20.8 Å². The van der Waals surface area contributed by atoms with Gasteiger partial charge in [-0.1, -0.05) is 45.2 Å². The number of halogens is 1. The first kappa shape index (κ1) is 20.9. The van der Waals surface area contributed by atoms with Crippen LogP contribution in [0.4, 0.5) is 0 Å². The Kier molecular flexibility index (Phi) is 10.9. The van der Waals surface area contributed by atoms with E-state index in [1.54, 1.807) is 0 Å². The molecule has 0 aliphatic heterocycles. The highest BCUT2D eigenvalue weighted by molar-refractivity contribution is 5.94. The molecule has 0 saturated carbocycles. The van der Waals surface area contributed by atoms with Gasteiger partial charge in [0.15, 0.2) is 0 Å². The van der Waals surface area contributed by atoms with Gasteiger partial charge in [-0.05, 0) is 37.5 Å². The summed E-state index contributed by atoms with van der Waals surface area (Å²) in [4.78, 5) is 14.8. The van der Waals surface area contributed by atoms with Gasteiger partial charge in [0.05, 0.1) is 0 Å². The molecule has 22 heavy (non-hydrogen) atoms. The van der Waals surface area contributed by atoms with Crippen molar-refractivity contribution < 1.29 is 4.79 Å². The SMILES string of the molecule is CCCCCN(C(=O)c1ccc(CN)cc1)C(C)CCC.Cl. The van der Waals surface area contributed by atoms with E-state index in [1.165, 1.54) is 12.8 Å². The van der Waals surface area contributed by atoms with Crippen molar-refractivity contribution >= 4 is 18.3 Å². The number of nitrogens with zero attached hydrogens (tertiary/aromatic N) is 1. The molecule has 0 spiro atoms. The van der Waals surface area contributed by atoms with Crippen molar-refractivity contribution in [2.75, 3.05) is 6.54 Å². The van der Waals surface area contributed by atoms with Crippen LogP contribution in [0.2, 0.25) is 0 Å². The fourth-order valence-corrected chi connectivity index (χ4v) is 2.58. The summed E-state index contributed by atoms with van der Waals surface area (Å²) in [6, 6.07) is 7.99. The summed E-state index contributed by atoms with van der Waals surface area (Å²) in [6.07, 6.45) is 5.59. The van der Waals surface area contributed by atoms with Crippen molar-refractivity contribution in [2.24, 2.45) is 5.73 Å². The van der Waals surface area contributed by atoms with Gasteiger partial charge in [0.2, 0.25) is 0 Å². The van der Waals surface area contributed by atoms with Crippen molar-refractivity contribution in [3.05, 3.63) is 35.4 Å². The number of carbonyl (C=O) groups is 1. The highest BCUT2D eigenvalue weighted by Gasteiger charge is 2.20. The third kappa shape index (κ3) is 6.37. The van der Waals surface area contributed by atoms with Crippen molar-refractivity contribution in [3.63, 3.8) is 0 Å². The van der Waals surface area contributed by atoms with Crippen LogP contribution in [0.5, 0.6) is 0 Å². The van der Waals surface area contributed by atoms with Gasteiger partial charge in [0, 0.05) is 24.7 Å². The Balaban J connectivity index is 0.00000441. The van der Waals surface area contributed by atoms with Crippen LogP contribution in [0.15, 0.2) is 24.3 Å². The van der Waals surface area contributed by atoms with Crippen molar-refractivity contribution in [1.82, 2.24) is 4.90 Å². The average Bonchev–Trinajstić information content (AvgIpc) is 2.51. The molecule has 1 aromatic carbocycles. The van der Waals surface area contributed by atoms with E-state index in [1.807, 2.05) is 29.2 Å². The summed E-state index contributed by atoms with van der Waals surface area (Å²) in [7, 11) is 0. The Labute approximate surface area is 141 Å². The molecule has 1 rings (SSSR count). The summed E-state index contributed by atoms with van der Waals surface area (Å²) in [5, 5.41) is 0. The summed E-state index contributed by atoms with van der Waals surface area (Å²) in [5.41, 5.74) is 7.44. The van der Waals surface area contributed by atoms with Crippen LogP contribution in [0, 0.1) is 0 Å².